The lowest BCUT2D eigenvalue weighted by Crippen LogP contribution is -2.32. The van der Waals surface area contributed by atoms with E-state index in [-0.39, 0.29) is 11.2 Å². The fraction of sp³-hybridized carbons (Fsp3) is 0.889. The summed E-state index contributed by atoms with van der Waals surface area (Å²) in [6.07, 6.45) is 3.05. The van der Waals surface area contributed by atoms with Crippen LogP contribution in [0.25, 0.3) is 0 Å². The molecular weight excluding hydrogens is 186 g/mol. The molecular formula is C9H19NO2S. The Hall–Kier alpha value is -0.220. The van der Waals surface area contributed by atoms with Gasteiger partial charge in [0, 0.05) is 17.7 Å². The number of hydrogen-bond acceptors (Lipinski definition) is 3. The molecule has 0 heterocycles. The van der Waals surface area contributed by atoms with Gasteiger partial charge >= 0.3 is 5.97 Å². The number of nitrogens with one attached hydrogen (secondary N) is 1. The van der Waals surface area contributed by atoms with Crippen LogP contribution in [0, 0.1) is 0 Å². The first-order valence-electron chi connectivity index (χ1n) is 4.45. The van der Waals surface area contributed by atoms with E-state index in [9.17, 15) is 4.79 Å². The molecule has 0 aromatic carbocycles. The predicted molar refractivity (Wildman–Crippen MR) is 57.3 cm³/mol. The van der Waals surface area contributed by atoms with Crippen molar-refractivity contribution < 1.29 is 9.90 Å². The molecule has 0 spiro atoms. The molecule has 0 bridgehead atoms. The molecule has 0 aliphatic rings. The predicted octanol–water partition coefficient (Wildman–Crippen LogP) is 1.58. The fourth-order valence-electron chi connectivity index (χ4n) is 0.826. The van der Waals surface area contributed by atoms with Gasteiger partial charge in [-0.1, -0.05) is 0 Å². The second-order valence-electron chi connectivity index (χ2n) is 3.64. The molecule has 2 N–H and O–H groups in total. The third-order valence-corrected chi connectivity index (χ3v) is 3.10. The number of hydrogen-bond donors (Lipinski definition) is 2. The molecule has 0 saturated carbocycles. The largest absolute Gasteiger partial charge is 0.481 e. The molecule has 0 radical (unpaired) electrons. The van der Waals surface area contributed by atoms with Crippen LogP contribution in [0.5, 0.6) is 0 Å². The maximum Gasteiger partial charge on any atom is 0.303 e. The quantitative estimate of drug-likeness (QED) is 0.620. The van der Waals surface area contributed by atoms with E-state index < -0.39 is 5.97 Å². The Morgan fingerprint density at radius 2 is 2.15 bits per heavy atom. The van der Waals surface area contributed by atoms with Gasteiger partial charge in [0.25, 0.3) is 0 Å². The summed E-state index contributed by atoms with van der Waals surface area (Å²) in [4.78, 5) is 10.2. The lowest BCUT2D eigenvalue weighted by Gasteiger charge is -2.22. The Morgan fingerprint density at radius 3 is 2.62 bits per heavy atom. The highest BCUT2D eigenvalue weighted by Gasteiger charge is 2.14. The van der Waals surface area contributed by atoms with Gasteiger partial charge in [-0.2, -0.15) is 11.8 Å². The number of carbonyl (C=O) groups is 1. The van der Waals surface area contributed by atoms with Gasteiger partial charge in [0.1, 0.15) is 0 Å². The SMILES string of the molecule is CSC(C)(C)CNCCCC(=O)O. The summed E-state index contributed by atoms with van der Waals surface area (Å²) in [5.74, 6) is -0.717. The molecule has 0 aromatic heterocycles. The molecule has 13 heavy (non-hydrogen) atoms. The van der Waals surface area contributed by atoms with E-state index in [1.54, 1.807) is 0 Å². The highest BCUT2D eigenvalue weighted by atomic mass is 32.2. The van der Waals surface area contributed by atoms with Crippen molar-refractivity contribution in [1.29, 1.82) is 0 Å². The second-order valence-corrected chi connectivity index (χ2v) is 5.15. The maximum absolute atomic E-state index is 10.2. The lowest BCUT2D eigenvalue weighted by molar-refractivity contribution is -0.137. The van der Waals surface area contributed by atoms with Crippen LogP contribution in [0.2, 0.25) is 0 Å². The molecule has 0 rings (SSSR count). The van der Waals surface area contributed by atoms with Gasteiger partial charge in [0.05, 0.1) is 0 Å². The second kappa shape index (κ2) is 6.27. The van der Waals surface area contributed by atoms with E-state index in [0.29, 0.717) is 6.42 Å². The molecule has 4 heteroatoms. The van der Waals surface area contributed by atoms with Crippen molar-refractivity contribution in [2.24, 2.45) is 0 Å². The first-order valence-corrected chi connectivity index (χ1v) is 5.68. The van der Waals surface area contributed by atoms with E-state index in [1.165, 1.54) is 0 Å². The number of carboxylic acid groups (broad SMARTS) is 1. The first kappa shape index (κ1) is 12.8. The summed E-state index contributed by atoms with van der Waals surface area (Å²) in [6.45, 7) is 6.05. The van der Waals surface area contributed by atoms with E-state index >= 15 is 0 Å². The summed E-state index contributed by atoms with van der Waals surface area (Å²) in [6, 6.07) is 0. The Bertz CT molecular complexity index is 160. The van der Waals surface area contributed by atoms with Crippen LogP contribution in [0.15, 0.2) is 0 Å². The molecule has 0 unspecified atom stereocenters. The topological polar surface area (TPSA) is 49.3 Å². The van der Waals surface area contributed by atoms with Crippen molar-refractivity contribution in [1.82, 2.24) is 5.32 Å². The van der Waals surface area contributed by atoms with Gasteiger partial charge in [-0.05, 0) is 33.1 Å². The molecule has 0 amide bonds. The lowest BCUT2D eigenvalue weighted by atomic mass is 10.2. The molecule has 3 nitrogen and oxygen atoms in total. The molecule has 0 aliphatic heterocycles. The highest BCUT2D eigenvalue weighted by molar-refractivity contribution is 7.99. The summed E-state index contributed by atoms with van der Waals surface area (Å²) in [5, 5.41) is 11.6. The zero-order valence-electron chi connectivity index (χ0n) is 8.59. The molecule has 0 aromatic rings. The average molecular weight is 205 g/mol. The van der Waals surface area contributed by atoms with Gasteiger partial charge in [0.15, 0.2) is 0 Å². The Labute approximate surface area is 84.3 Å². The fourth-order valence-corrected chi connectivity index (χ4v) is 1.07. The summed E-state index contributed by atoms with van der Waals surface area (Å²) < 4.78 is 0.239. The van der Waals surface area contributed by atoms with Crippen LogP contribution in [0.3, 0.4) is 0 Å². The smallest absolute Gasteiger partial charge is 0.303 e. The highest BCUT2D eigenvalue weighted by Crippen LogP contribution is 2.19. The summed E-state index contributed by atoms with van der Waals surface area (Å²) >= 11 is 1.81. The van der Waals surface area contributed by atoms with Gasteiger partial charge in [-0.25, -0.2) is 0 Å². The zero-order valence-corrected chi connectivity index (χ0v) is 9.41. The average Bonchev–Trinajstić information content (AvgIpc) is 2.03. The first-order chi connectivity index (χ1) is 5.98. The minimum absolute atomic E-state index is 0.239. The van der Waals surface area contributed by atoms with Crippen LogP contribution in [0.1, 0.15) is 26.7 Å². The normalized spacial score (nSPS) is 11.6. The number of rotatable bonds is 7. The van der Waals surface area contributed by atoms with Crippen molar-refractivity contribution in [3.8, 4) is 0 Å². The standard InChI is InChI=1S/C9H19NO2S/c1-9(2,13-3)7-10-6-4-5-8(11)12/h10H,4-7H2,1-3H3,(H,11,12). The van der Waals surface area contributed by atoms with E-state index in [0.717, 1.165) is 13.1 Å². The zero-order chi connectivity index (χ0) is 10.3. The monoisotopic (exact) mass is 205 g/mol. The summed E-state index contributed by atoms with van der Waals surface area (Å²) in [5.41, 5.74) is 0. The number of carboxylic acids is 1. The van der Waals surface area contributed by atoms with Gasteiger partial charge < -0.3 is 10.4 Å². The maximum atomic E-state index is 10.2. The van der Waals surface area contributed by atoms with Crippen LogP contribution >= 0.6 is 11.8 Å². The molecule has 0 aliphatic carbocycles. The molecule has 0 fully saturated rings. The van der Waals surface area contributed by atoms with Crippen molar-refractivity contribution >= 4 is 17.7 Å². The molecule has 0 saturated heterocycles. The third kappa shape index (κ3) is 8.12. The van der Waals surface area contributed by atoms with E-state index in [2.05, 4.69) is 25.4 Å². The van der Waals surface area contributed by atoms with Crippen molar-refractivity contribution in [3.63, 3.8) is 0 Å². The van der Waals surface area contributed by atoms with Crippen molar-refractivity contribution in [2.75, 3.05) is 19.3 Å². The Balaban J connectivity index is 3.30. The molecule has 78 valence electrons. The van der Waals surface area contributed by atoms with Crippen LogP contribution in [-0.4, -0.2) is 35.2 Å². The van der Waals surface area contributed by atoms with E-state index in [1.807, 2.05) is 11.8 Å². The van der Waals surface area contributed by atoms with Crippen LogP contribution in [0.4, 0.5) is 0 Å². The number of thioether (sulfide) groups is 1. The minimum atomic E-state index is -0.717. The van der Waals surface area contributed by atoms with Crippen molar-refractivity contribution in [2.45, 2.75) is 31.4 Å². The Morgan fingerprint density at radius 1 is 1.54 bits per heavy atom. The third-order valence-electron chi connectivity index (χ3n) is 1.85. The van der Waals surface area contributed by atoms with E-state index in [4.69, 9.17) is 5.11 Å². The van der Waals surface area contributed by atoms with Gasteiger partial charge in [-0.15, -0.1) is 0 Å². The van der Waals surface area contributed by atoms with Crippen LogP contribution in [-0.2, 0) is 4.79 Å². The summed E-state index contributed by atoms with van der Waals surface area (Å²) in [7, 11) is 0. The number of aliphatic carboxylic acids is 1. The minimum Gasteiger partial charge on any atom is -0.481 e. The Kier molecular flexibility index (Phi) is 6.16. The molecule has 0 atom stereocenters. The van der Waals surface area contributed by atoms with Gasteiger partial charge in [-0.3, -0.25) is 4.79 Å². The van der Waals surface area contributed by atoms with Gasteiger partial charge in [0.2, 0.25) is 0 Å². The van der Waals surface area contributed by atoms with Crippen LogP contribution < -0.4 is 5.32 Å². The van der Waals surface area contributed by atoms with Crippen molar-refractivity contribution in [3.05, 3.63) is 0 Å².